The van der Waals surface area contributed by atoms with Crippen molar-refractivity contribution in [2.75, 3.05) is 0 Å². The van der Waals surface area contributed by atoms with Gasteiger partial charge in [0.25, 0.3) is 11.8 Å². The van der Waals surface area contributed by atoms with Gasteiger partial charge >= 0.3 is 0 Å². The number of carbonyl (C=O) groups is 2. The molecule has 2 bridgehead atoms. The van der Waals surface area contributed by atoms with Crippen molar-refractivity contribution < 1.29 is 28.2 Å². The molecule has 1 saturated carbocycles. The van der Waals surface area contributed by atoms with E-state index in [2.05, 4.69) is 5.32 Å². The van der Waals surface area contributed by atoms with Gasteiger partial charge in [-0.25, -0.2) is 8.78 Å². The molecule has 0 radical (unpaired) electrons. The molecule has 1 saturated heterocycles. The average molecular weight is 431 g/mol. The second-order valence-electron chi connectivity index (χ2n) is 8.01. The van der Waals surface area contributed by atoms with E-state index in [1.807, 2.05) is 0 Å². The quantitative estimate of drug-likeness (QED) is 0.767. The summed E-state index contributed by atoms with van der Waals surface area (Å²) in [5.74, 6) is -4.35. The highest BCUT2D eigenvalue weighted by atomic mass is 19.2. The monoisotopic (exact) mass is 431 g/mol. The van der Waals surface area contributed by atoms with E-state index in [1.54, 1.807) is 4.90 Å². The number of nitrogens with zero attached hydrogens (tertiary/aromatic N) is 2. The third-order valence-electron chi connectivity index (χ3n) is 6.17. The third kappa shape index (κ3) is 3.09. The van der Waals surface area contributed by atoms with Gasteiger partial charge in [-0.2, -0.15) is 0 Å². The minimum atomic E-state index is -1.09. The minimum absolute atomic E-state index is 0.00337. The Morgan fingerprint density at radius 3 is 2.87 bits per heavy atom. The first-order valence-corrected chi connectivity index (χ1v) is 10.0. The summed E-state index contributed by atoms with van der Waals surface area (Å²) in [7, 11) is 0. The van der Waals surface area contributed by atoms with Gasteiger partial charge in [0.05, 0.1) is 12.6 Å². The van der Waals surface area contributed by atoms with Crippen LogP contribution in [-0.2, 0) is 17.8 Å². The van der Waals surface area contributed by atoms with Gasteiger partial charge in [-0.15, -0.1) is 0 Å². The summed E-state index contributed by atoms with van der Waals surface area (Å²) in [6, 6.07) is 3.56. The van der Waals surface area contributed by atoms with E-state index >= 15 is 0 Å². The number of carbonyl (C=O) groups excluding carboxylic acids is 2. The highest BCUT2D eigenvalue weighted by Gasteiger charge is 2.47. The van der Waals surface area contributed by atoms with Crippen LogP contribution >= 0.6 is 0 Å². The number of rotatable bonds is 3. The largest absolute Gasteiger partial charge is 0.503 e. The number of aromatic hydroxyl groups is 1. The first-order valence-electron chi connectivity index (χ1n) is 10.0. The van der Waals surface area contributed by atoms with E-state index in [0.717, 1.165) is 25.3 Å². The van der Waals surface area contributed by atoms with Crippen LogP contribution in [0.3, 0.4) is 0 Å². The minimum Gasteiger partial charge on any atom is -0.503 e. The van der Waals surface area contributed by atoms with Gasteiger partial charge in [0.15, 0.2) is 29.3 Å². The van der Waals surface area contributed by atoms with Gasteiger partial charge in [-0.05, 0) is 25.3 Å². The second kappa shape index (κ2) is 7.16. The van der Waals surface area contributed by atoms with Crippen LogP contribution < -0.4 is 10.7 Å². The lowest BCUT2D eigenvalue weighted by Crippen LogP contribution is -2.57. The fourth-order valence-electron chi connectivity index (χ4n) is 4.67. The van der Waals surface area contributed by atoms with Crippen molar-refractivity contribution in [1.29, 1.82) is 0 Å². The zero-order chi connectivity index (χ0) is 21.9. The number of ether oxygens (including phenoxy) is 1. The summed E-state index contributed by atoms with van der Waals surface area (Å²) in [6.45, 7) is -0.188. The maximum atomic E-state index is 13.8. The van der Waals surface area contributed by atoms with E-state index in [9.17, 15) is 28.3 Å². The number of aromatic nitrogens is 1. The molecular formula is C21H19F2N3O5. The number of amides is 2. The van der Waals surface area contributed by atoms with E-state index in [0.29, 0.717) is 0 Å². The van der Waals surface area contributed by atoms with Crippen LogP contribution in [0.15, 0.2) is 29.2 Å². The Morgan fingerprint density at radius 1 is 1.26 bits per heavy atom. The molecule has 8 nitrogen and oxygen atoms in total. The Balaban J connectivity index is 1.44. The van der Waals surface area contributed by atoms with Crippen LogP contribution in [0.25, 0.3) is 0 Å². The molecule has 5 rings (SSSR count). The molecule has 3 atom stereocenters. The fourth-order valence-corrected chi connectivity index (χ4v) is 4.67. The van der Waals surface area contributed by atoms with Crippen molar-refractivity contribution in [3.63, 3.8) is 0 Å². The Labute approximate surface area is 175 Å². The lowest BCUT2D eigenvalue weighted by molar-refractivity contribution is -0.132. The maximum absolute atomic E-state index is 13.8. The molecule has 2 aromatic rings. The van der Waals surface area contributed by atoms with E-state index in [-0.39, 0.29) is 36.5 Å². The van der Waals surface area contributed by atoms with Gasteiger partial charge in [0.1, 0.15) is 5.56 Å². The maximum Gasteiger partial charge on any atom is 0.276 e. The number of pyridine rings is 1. The van der Waals surface area contributed by atoms with Gasteiger partial charge in [0.2, 0.25) is 5.43 Å². The number of hydrogen-bond donors (Lipinski definition) is 2. The summed E-state index contributed by atoms with van der Waals surface area (Å²) in [5, 5.41) is 12.8. The highest BCUT2D eigenvalue weighted by Crippen LogP contribution is 2.38. The van der Waals surface area contributed by atoms with Crippen LogP contribution in [-0.4, -0.2) is 44.8 Å². The molecule has 2 aliphatic heterocycles. The highest BCUT2D eigenvalue weighted by molar-refractivity contribution is 5.99. The van der Waals surface area contributed by atoms with E-state index in [1.165, 1.54) is 22.9 Å². The Hall–Kier alpha value is -3.27. The number of fused-ring (bicyclic) bond motifs is 5. The molecule has 10 heteroatoms. The lowest BCUT2D eigenvalue weighted by atomic mass is 10.1. The summed E-state index contributed by atoms with van der Waals surface area (Å²) < 4.78 is 34.5. The molecule has 2 amide bonds. The molecule has 0 unspecified atom stereocenters. The predicted octanol–water partition coefficient (Wildman–Crippen LogP) is 1.50. The molecule has 31 heavy (non-hydrogen) atoms. The average Bonchev–Trinajstić information content (AvgIpc) is 3.12. The van der Waals surface area contributed by atoms with Gasteiger partial charge in [-0.3, -0.25) is 14.4 Å². The smallest absolute Gasteiger partial charge is 0.276 e. The first kappa shape index (κ1) is 19.7. The summed E-state index contributed by atoms with van der Waals surface area (Å²) >= 11 is 0. The van der Waals surface area contributed by atoms with Crippen molar-refractivity contribution >= 4 is 11.8 Å². The van der Waals surface area contributed by atoms with Crippen molar-refractivity contribution in [2.24, 2.45) is 0 Å². The second-order valence-corrected chi connectivity index (χ2v) is 8.01. The van der Waals surface area contributed by atoms with Gasteiger partial charge < -0.3 is 24.6 Å². The summed E-state index contributed by atoms with van der Waals surface area (Å²) in [4.78, 5) is 39.8. The normalized spacial score (nSPS) is 24.0. The zero-order valence-electron chi connectivity index (χ0n) is 16.3. The fraction of sp³-hybridized carbons (Fsp3) is 0.381. The first-order chi connectivity index (χ1) is 14.8. The van der Waals surface area contributed by atoms with Gasteiger partial charge in [-0.1, -0.05) is 12.1 Å². The predicted molar refractivity (Wildman–Crippen MR) is 102 cm³/mol. The lowest BCUT2D eigenvalue weighted by Gasteiger charge is -2.44. The molecule has 3 heterocycles. The topological polar surface area (TPSA) is 101 Å². The van der Waals surface area contributed by atoms with Crippen LogP contribution in [0.5, 0.6) is 5.75 Å². The van der Waals surface area contributed by atoms with E-state index < -0.39 is 46.4 Å². The number of halogens is 2. The van der Waals surface area contributed by atoms with E-state index in [4.69, 9.17) is 4.74 Å². The Morgan fingerprint density at radius 2 is 2.06 bits per heavy atom. The molecular weight excluding hydrogens is 412 g/mol. The Bertz CT molecular complexity index is 1160. The van der Waals surface area contributed by atoms with Gasteiger partial charge in [0, 0.05) is 24.3 Å². The molecule has 1 aromatic heterocycles. The Kier molecular flexibility index (Phi) is 4.54. The van der Waals surface area contributed by atoms with Crippen LogP contribution in [0.1, 0.15) is 45.7 Å². The van der Waals surface area contributed by atoms with Crippen molar-refractivity contribution in [1.82, 2.24) is 14.8 Å². The molecule has 2 N–H and O–H groups in total. The molecule has 1 aliphatic carbocycles. The molecule has 0 spiro atoms. The summed E-state index contributed by atoms with van der Waals surface area (Å²) in [6.07, 6.45) is 3.10. The molecule has 3 aliphatic rings. The molecule has 1 aromatic carbocycles. The van der Waals surface area contributed by atoms with Crippen LogP contribution in [0.2, 0.25) is 0 Å². The molecule has 2 fully saturated rings. The third-order valence-corrected chi connectivity index (χ3v) is 6.17. The number of nitrogens with one attached hydrogen (secondary N) is 1. The standard InChI is InChI=1S/C21H19F2N3O5/c22-14-3-1-2-10(16(14)23)7-24-20(29)13-8-25-9-15-26(11-4-5-12(6-11)31-15)21(30)17(25)19(28)18(13)27/h1-3,8,11-12,15,28H,4-7,9H2,(H,24,29)/t11-,12+,15+/m1/s1. The van der Waals surface area contributed by atoms with Crippen molar-refractivity contribution in [3.8, 4) is 5.75 Å². The zero-order valence-corrected chi connectivity index (χ0v) is 16.3. The number of benzene rings is 1. The van der Waals surface area contributed by atoms with Crippen LogP contribution in [0, 0.1) is 11.6 Å². The van der Waals surface area contributed by atoms with Crippen molar-refractivity contribution in [2.45, 2.75) is 50.7 Å². The summed E-state index contributed by atoms with van der Waals surface area (Å²) in [5.41, 5.74) is -1.67. The van der Waals surface area contributed by atoms with Crippen LogP contribution in [0.4, 0.5) is 8.78 Å². The molecule has 162 valence electrons. The van der Waals surface area contributed by atoms with Crippen molar-refractivity contribution in [3.05, 3.63) is 63.1 Å². The SMILES string of the molecule is O=C(NCc1cccc(F)c1F)c1cn2c(c(O)c1=O)C(=O)N1[C@@H]3CC[C@@H](C3)O[C@H]1C2. The number of hydrogen-bond acceptors (Lipinski definition) is 5.